The molecule has 3 nitrogen and oxygen atoms in total. The van der Waals surface area contributed by atoms with Crippen molar-refractivity contribution < 1.29 is 4.79 Å². The van der Waals surface area contributed by atoms with Crippen LogP contribution in [0.15, 0.2) is 41.8 Å². The Morgan fingerprint density at radius 2 is 1.95 bits per heavy atom. The van der Waals surface area contributed by atoms with Crippen molar-refractivity contribution in [1.82, 2.24) is 4.98 Å². The maximum Gasteiger partial charge on any atom is 0.226 e. The fourth-order valence-electron chi connectivity index (χ4n) is 2.54. The Hall–Kier alpha value is -2.20. The van der Waals surface area contributed by atoms with E-state index in [9.17, 15) is 4.79 Å². The molecule has 112 valence electrons. The number of amides is 1. The Labute approximate surface area is 134 Å². The zero-order valence-corrected chi connectivity index (χ0v) is 13.5. The zero-order valence-electron chi connectivity index (χ0n) is 12.7. The third kappa shape index (κ3) is 2.88. The summed E-state index contributed by atoms with van der Waals surface area (Å²) >= 11 is 1.47. The van der Waals surface area contributed by atoms with Crippen LogP contribution in [0.2, 0.25) is 0 Å². The van der Waals surface area contributed by atoms with Gasteiger partial charge in [0.25, 0.3) is 0 Å². The number of benzene rings is 2. The van der Waals surface area contributed by atoms with Gasteiger partial charge in [0.2, 0.25) is 5.91 Å². The second kappa shape index (κ2) is 6.28. The minimum absolute atomic E-state index is 0.0252. The van der Waals surface area contributed by atoms with Gasteiger partial charge in [-0.25, -0.2) is 4.98 Å². The van der Waals surface area contributed by atoms with Crippen LogP contribution < -0.4 is 5.32 Å². The SMILES string of the molecule is CCCC(=O)Nc1nc(-c2ccc(C)c3ccccc23)cs1. The van der Waals surface area contributed by atoms with Crippen molar-refractivity contribution in [1.29, 1.82) is 0 Å². The molecule has 1 N–H and O–H groups in total. The van der Waals surface area contributed by atoms with E-state index in [4.69, 9.17) is 0 Å². The van der Waals surface area contributed by atoms with Crippen molar-refractivity contribution in [2.24, 2.45) is 0 Å². The fourth-order valence-corrected chi connectivity index (χ4v) is 3.26. The van der Waals surface area contributed by atoms with Crippen LogP contribution in [0.3, 0.4) is 0 Å². The van der Waals surface area contributed by atoms with E-state index >= 15 is 0 Å². The van der Waals surface area contributed by atoms with Gasteiger partial charge >= 0.3 is 0 Å². The van der Waals surface area contributed by atoms with Crippen LogP contribution >= 0.6 is 11.3 Å². The van der Waals surface area contributed by atoms with Crippen LogP contribution in [0.25, 0.3) is 22.0 Å². The van der Waals surface area contributed by atoms with Gasteiger partial charge in [0, 0.05) is 17.4 Å². The molecule has 0 aliphatic heterocycles. The minimum atomic E-state index is 0.0252. The fraction of sp³-hybridized carbons (Fsp3) is 0.222. The van der Waals surface area contributed by atoms with Crippen LogP contribution in [0.4, 0.5) is 5.13 Å². The molecule has 0 radical (unpaired) electrons. The Morgan fingerprint density at radius 1 is 1.18 bits per heavy atom. The van der Waals surface area contributed by atoms with Crippen LogP contribution in [0.5, 0.6) is 0 Å². The monoisotopic (exact) mass is 310 g/mol. The minimum Gasteiger partial charge on any atom is -0.302 e. The lowest BCUT2D eigenvalue weighted by Crippen LogP contribution is -2.10. The summed E-state index contributed by atoms with van der Waals surface area (Å²) in [7, 11) is 0. The van der Waals surface area contributed by atoms with E-state index in [2.05, 4.69) is 47.6 Å². The van der Waals surface area contributed by atoms with Gasteiger partial charge in [-0.3, -0.25) is 4.79 Å². The molecule has 4 heteroatoms. The number of rotatable bonds is 4. The highest BCUT2D eigenvalue weighted by Crippen LogP contribution is 2.32. The van der Waals surface area contributed by atoms with Crippen molar-refractivity contribution >= 4 is 33.1 Å². The molecule has 1 amide bonds. The second-order valence-corrected chi connectivity index (χ2v) is 6.17. The van der Waals surface area contributed by atoms with E-state index < -0.39 is 0 Å². The molecule has 0 unspecified atom stereocenters. The van der Waals surface area contributed by atoms with Crippen LogP contribution in [0.1, 0.15) is 25.3 Å². The zero-order chi connectivity index (χ0) is 15.5. The molecule has 3 rings (SSSR count). The number of nitrogens with one attached hydrogen (secondary N) is 1. The predicted molar refractivity (Wildman–Crippen MR) is 93.3 cm³/mol. The molecule has 0 fully saturated rings. The van der Waals surface area contributed by atoms with Gasteiger partial charge < -0.3 is 5.32 Å². The Balaban J connectivity index is 1.97. The first-order valence-electron chi connectivity index (χ1n) is 7.43. The summed E-state index contributed by atoms with van der Waals surface area (Å²) in [5, 5.41) is 7.96. The van der Waals surface area contributed by atoms with Crippen molar-refractivity contribution in [3.05, 3.63) is 47.3 Å². The van der Waals surface area contributed by atoms with Crippen molar-refractivity contribution in [3.8, 4) is 11.3 Å². The normalized spacial score (nSPS) is 10.8. The van der Waals surface area contributed by atoms with Crippen LogP contribution in [-0.2, 0) is 4.79 Å². The highest BCUT2D eigenvalue weighted by Gasteiger charge is 2.10. The van der Waals surface area contributed by atoms with Gasteiger partial charge in [0.05, 0.1) is 5.69 Å². The van der Waals surface area contributed by atoms with Gasteiger partial charge in [-0.2, -0.15) is 0 Å². The van der Waals surface area contributed by atoms with Crippen LogP contribution in [0, 0.1) is 6.92 Å². The second-order valence-electron chi connectivity index (χ2n) is 5.31. The lowest BCUT2D eigenvalue weighted by Gasteiger charge is -2.06. The van der Waals surface area contributed by atoms with E-state index in [1.54, 1.807) is 0 Å². The van der Waals surface area contributed by atoms with Crippen molar-refractivity contribution in [3.63, 3.8) is 0 Å². The first-order valence-corrected chi connectivity index (χ1v) is 8.31. The Kier molecular flexibility index (Phi) is 4.20. The van der Waals surface area contributed by atoms with E-state index in [1.807, 2.05) is 18.4 Å². The molecule has 2 aromatic carbocycles. The number of aryl methyl sites for hydroxylation is 1. The lowest BCUT2D eigenvalue weighted by molar-refractivity contribution is -0.116. The molecule has 3 aromatic rings. The molecule has 0 aliphatic carbocycles. The van der Waals surface area contributed by atoms with Crippen molar-refractivity contribution in [2.75, 3.05) is 5.32 Å². The number of aromatic nitrogens is 1. The van der Waals surface area contributed by atoms with Crippen LogP contribution in [-0.4, -0.2) is 10.9 Å². The predicted octanol–water partition coefficient (Wildman–Crippen LogP) is 5.01. The van der Waals surface area contributed by atoms with E-state index in [-0.39, 0.29) is 5.91 Å². The number of hydrogen-bond donors (Lipinski definition) is 1. The summed E-state index contributed by atoms with van der Waals surface area (Å²) < 4.78 is 0. The van der Waals surface area contributed by atoms with E-state index in [0.29, 0.717) is 11.6 Å². The Morgan fingerprint density at radius 3 is 2.73 bits per heavy atom. The smallest absolute Gasteiger partial charge is 0.226 e. The average Bonchev–Trinajstić information content (AvgIpc) is 2.96. The first kappa shape index (κ1) is 14.7. The van der Waals surface area contributed by atoms with Gasteiger partial charge in [0.15, 0.2) is 5.13 Å². The molecular weight excluding hydrogens is 292 g/mol. The number of anilines is 1. The van der Waals surface area contributed by atoms with Crippen molar-refractivity contribution in [2.45, 2.75) is 26.7 Å². The molecule has 0 saturated heterocycles. The number of thiazole rings is 1. The molecule has 0 atom stereocenters. The summed E-state index contributed by atoms with van der Waals surface area (Å²) in [5.41, 5.74) is 3.27. The quantitative estimate of drug-likeness (QED) is 0.736. The molecule has 0 saturated carbocycles. The highest BCUT2D eigenvalue weighted by atomic mass is 32.1. The number of hydrogen-bond acceptors (Lipinski definition) is 3. The molecule has 1 heterocycles. The molecule has 0 aliphatic rings. The van der Waals surface area contributed by atoms with Gasteiger partial charge in [0.1, 0.15) is 0 Å². The molecule has 1 aromatic heterocycles. The van der Waals surface area contributed by atoms with Gasteiger partial charge in [-0.05, 0) is 29.7 Å². The van der Waals surface area contributed by atoms with Gasteiger partial charge in [-0.15, -0.1) is 11.3 Å². The molecule has 0 bridgehead atoms. The summed E-state index contributed by atoms with van der Waals surface area (Å²) in [5.74, 6) is 0.0252. The number of carbonyl (C=O) groups excluding carboxylic acids is 1. The third-order valence-corrected chi connectivity index (χ3v) is 4.40. The Bertz CT molecular complexity index is 823. The molecule has 0 spiro atoms. The summed E-state index contributed by atoms with van der Waals surface area (Å²) in [4.78, 5) is 16.2. The summed E-state index contributed by atoms with van der Waals surface area (Å²) in [6, 6.07) is 12.6. The van der Waals surface area contributed by atoms with E-state index in [1.165, 1.54) is 27.7 Å². The van der Waals surface area contributed by atoms with Gasteiger partial charge in [-0.1, -0.05) is 43.3 Å². The largest absolute Gasteiger partial charge is 0.302 e. The maximum absolute atomic E-state index is 11.7. The average molecular weight is 310 g/mol. The number of nitrogens with zero attached hydrogens (tertiary/aromatic N) is 1. The number of fused-ring (bicyclic) bond motifs is 1. The highest BCUT2D eigenvalue weighted by molar-refractivity contribution is 7.14. The van der Waals surface area contributed by atoms with E-state index in [0.717, 1.165) is 17.7 Å². The molecular formula is C18H18N2OS. The lowest BCUT2D eigenvalue weighted by atomic mass is 9.99. The number of carbonyl (C=O) groups is 1. The summed E-state index contributed by atoms with van der Waals surface area (Å²) in [6.07, 6.45) is 1.37. The third-order valence-electron chi connectivity index (χ3n) is 3.65. The summed E-state index contributed by atoms with van der Waals surface area (Å²) in [6.45, 7) is 4.11. The molecule has 22 heavy (non-hydrogen) atoms. The first-order chi connectivity index (χ1) is 10.7. The maximum atomic E-state index is 11.7. The standard InChI is InChI=1S/C18H18N2OS/c1-3-6-17(21)20-18-19-16(11-22-18)15-10-9-12(2)13-7-4-5-8-14(13)15/h4-5,7-11H,3,6H2,1-2H3,(H,19,20,21). The topological polar surface area (TPSA) is 42.0 Å².